The molecule has 2 heterocycles. The molecule has 4 rings (SSSR count). The van der Waals surface area contributed by atoms with Crippen molar-refractivity contribution in [3.8, 4) is 11.3 Å². The van der Waals surface area contributed by atoms with Gasteiger partial charge in [-0.15, -0.1) is 0 Å². The molecule has 25 heavy (non-hydrogen) atoms. The smallest absolute Gasteiger partial charge is 0.290 e. The van der Waals surface area contributed by atoms with Crippen molar-refractivity contribution in [3.05, 3.63) is 40.6 Å². The highest BCUT2D eigenvalue weighted by atomic mass is 32.2. The molecule has 0 spiro atoms. The van der Waals surface area contributed by atoms with Gasteiger partial charge in [-0.25, -0.2) is 9.97 Å². The van der Waals surface area contributed by atoms with E-state index < -0.39 is 5.92 Å². The van der Waals surface area contributed by atoms with Gasteiger partial charge >= 0.3 is 0 Å². The van der Waals surface area contributed by atoms with Gasteiger partial charge in [-0.2, -0.15) is 8.78 Å². The molecule has 130 valence electrons. The van der Waals surface area contributed by atoms with E-state index in [0.717, 1.165) is 24.0 Å². The first-order valence-corrected chi connectivity index (χ1v) is 9.47. The summed E-state index contributed by atoms with van der Waals surface area (Å²) in [5, 5.41) is 3.21. The fraction of sp³-hybridized carbons (Fsp3) is 0.389. The molecule has 0 bridgehead atoms. The molecule has 0 atom stereocenters. The SMILES string of the molecule is CSc1nc(-c2ccc3c(c2)CCCNC3=O)c2c(n1)C(F)(F)CC2. The summed E-state index contributed by atoms with van der Waals surface area (Å²) >= 11 is 1.26. The number of benzene rings is 1. The van der Waals surface area contributed by atoms with Crippen molar-refractivity contribution >= 4 is 17.7 Å². The maximum absolute atomic E-state index is 14.2. The maximum atomic E-state index is 14.2. The van der Waals surface area contributed by atoms with Gasteiger partial charge < -0.3 is 5.32 Å². The largest absolute Gasteiger partial charge is 0.352 e. The topological polar surface area (TPSA) is 54.9 Å². The summed E-state index contributed by atoms with van der Waals surface area (Å²) < 4.78 is 28.4. The number of halogens is 2. The van der Waals surface area contributed by atoms with Crippen LogP contribution in [0.5, 0.6) is 0 Å². The molecule has 2 aliphatic rings. The van der Waals surface area contributed by atoms with Gasteiger partial charge in [-0.05, 0) is 43.2 Å². The Bertz CT molecular complexity index is 870. The molecule has 0 saturated carbocycles. The van der Waals surface area contributed by atoms with Crippen LogP contribution in [-0.4, -0.2) is 28.7 Å². The van der Waals surface area contributed by atoms with E-state index in [1.165, 1.54) is 11.8 Å². The van der Waals surface area contributed by atoms with Crippen LogP contribution in [0.1, 0.15) is 40.0 Å². The number of amides is 1. The average molecular weight is 361 g/mol. The monoisotopic (exact) mass is 361 g/mol. The number of thioether (sulfide) groups is 1. The zero-order valence-electron chi connectivity index (χ0n) is 13.7. The van der Waals surface area contributed by atoms with Crippen LogP contribution in [0.2, 0.25) is 0 Å². The number of hydrogen-bond acceptors (Lipinski definition) is 4. The molecule has 4 nitrogen and oxygen atoms in total. The number of aryl methyl sites for hydroxylation is 1. The van der Waals surface area contributed by atoms with E-state index in [9.17, 15) is 13.6 Å². The van der Waals surface area contributed by atoms with Crippen LogP contribution in [0.15, 0.2) is 23.4 Å². The molecule has 1 aliphatic carbocycles. The van der Waals surface area contributed by atoms with Crippen molar-refractivity contribution in [1.82, 2.24) is 15.3 Å². The van der Waals surface area contributed by atoms with Crippen molar-refractivity contribution in [2.45, 2.75) is 36.8 Å². The zero-order valence-corrected chi connectivity index (χ0v) is 14.6. The van der Waals surface area contributed by atoms with Crippen LogP contribution in [0, 0.1) is 0 Å². The van der Waals surface area contributed by atoms with E-state index in [4.69, 9.17) is 0 Å². The highest BCUT2D eigenvalue weighted by molar-refractivity contribution is 7.98. The normalized spacial score (nSPS) is 18.3. The number of nitrogens with zero attached hydrogens (tertiary/aromatic N) is 2. The van der Waals surface area contributed by atoms with E-state index in [-0.39, 0.29) is 24.4 Å². The molecule has 2 aromatic rings. The van der Waals surface area contributed by atoms with Crippen LogP contribution in [-0.2, 0) is 18.8 Å². The molecule has 1 N–H and O–H groups in total. The van der Waals surface area contributed by atoms with E-state index in [0.29, 0.717) is 28.5 Å². The summed E-state index contributed by atoms with van der Waals surface area (Å²) in [7, 11) is 0. The highest BCUT2D eigenvalue weighted by Crippen LogP contribution is 2.44. The number of carbonyl (C=O) groups excluding carboxylic acids is 1. The number of carbonyl (C=O) groups is 1. The lowest BCUT2D eigenvalue weighted by molar-refractivity contribution is -0.00650. The Balaban J connectivity index is 1.87. The van der Waals surface area contributed by atoms with Gasteiger partial charge in [0.05, 0.1) is 5.69 Å². The van der Waals surface area contributed by atoms with Crippen LogP contribution in [0.25, 0.3) is 11.3 Å². The van der Waals surface area contributed by atoms with E-state index in [2.05, 4.69) is 15.3 Å². The molecule has 0 fully saturated rings. The average Bonchev–Trinajstić information content (AvgIpc) is 2.80. The van der Waals surface area contributed by atoms with Crippen LogP contribution in [0.4, 0.5) is 8.78 Å². The fourth-order valence-electron chi connectivity index (χ4n) is 3.48. The Kier molecular flexibility index (Phi) is 3.98. The molecular weight excluding hydrogens is 344 g/mol. The van der Waals surface area contributed by atoms with Gasteiger partial charge in [0.2, 0.25) is 0 Å². The number of aromatic nitrogens is 2. The predicted molar refractivity (Wildman–Crippen MR) is 92.1 cm³/mol. The number of fused-ring (bicyclic) bond motifs is 2. The molecular formula is C18H17F2N3OS. The van der Waals surface area contributed by atoms with Crippen LogP contribution < -0.4 is 5.32 Å². The third-order valence-corrected chi connectivity index (χ3v) is 5.28. The van der Waals surface area contributed by atoms with Crippen molar-refractivity contribution in [3.63, 3.8) is 0 Å². The third kappa shape index (κ3) is 2.80. The summed E-state index contributed by atoms with van der Waals surface area (Å²) in [4.78, 5) is 20.7. The van der Waals surface area contributed by atoms with Gasteiger partial charge in [0.1, 0.15) is 5.69 Å². The number of alkyl halides is 2. The Labute approximate surface area is 148 Å². The predicted octanol–water partition coefficient (Wildman–Crippen LogP) is 3.58. The first kappa shape index (κ1) is 16.4. The van der Waals surface area contributed by atoms with Crippen molar-refractivity contribution in [1.29, 1.82) is 0 Å². The van der Waals surface area contributed by atoms with E-state index >= 15 is 0 Å². The Morgan fingerprint density at radius 2 is 2.08 bits per heavy atom. The lowest BCUT2D eigenvalue weighted by atomic mass is 9.97. The quantitative estimate of drug-likeness (QED) is 0.656. The number of hydrogen-bond donors (Lipinski definition) is 1. The molecule has 1 aromatic heterocycles. The highest BCUT2D eigenvalue weighted by Gasteiger charge is 2.43. The summed E-state index contributed by atoms with van der Waals surface area (Å²) in [5.74, 6) is -2.98. The summed E-state index contributed by atoms with van der Waals surface area (Å²) in [6, 6.07) is 5.49. The molecule has 0 saturated heterocycles. The van der Waals surface area contributed by atoms with Crippen LogP contribution >= 0.6 is 11.8 Å². The molecule has 7 heteroatoms. The second kappa shape index (κ2) is 6.05. The fourth-order valence-corrected chi connectivity index (χ4v) is 3.84. The first-order valence-electron chi connectivity index (χ1n) is 8.24. The van der Waals surface area contributed by atoms with Crippen molar-refractivity contribution in [2.24, 2.45) is 0 Å². The zero-order chi connectivity index (χ0) is 17.6. The molecule has 1 amide bonds. The molecule has 1 aromatic carbocycles. The Hall–Kier alpha value is -2.02. The minimum Gasteiger partial charge on any atom is -0.352 e. The molecule has 0 unspecified atom stereocenters. The molecule has 1 aliphatic heterocycles. The summed E-state index contributed by atoms with van der Waals surface area (Å²) in [6.07, 6.45) is 3.46. The van der Waals surface area contributed by atoms with E-state index in [1.807, 2.05) is 6.07 Å². The summed E-state index contributed by atoms with van der Waals surface area (Å²) in [5.41, 5.74) is 3.33. The van der Waals surface area contributed by atoms with E-state index in [1.54, 1.807) is 18.4 Å². The summed E-state index contributed by atoms with van der Waals surface area (Å²) in [6.45, 7) is 0.647. The van der Waals surface area contributed by atoms with Gasteiger partial charge in [-0.3, -0.25) is 4.79 Å². The van der Waals surface area contributed by atoms with Gasteiger partial charge in [0.25, 0.3) is 11.8 Å². The maximum Gasteiger partial charge on any atom is 0.290 e. The van der Waals surface area contributed by atoms with Gasteiger partial charge in [-0.1, -0.05) is 17.8 Å². The standard InChI is InChI=1S/C18H17F2N3OS/c1-25-17-22-14(13-6-7-18(19,20)15(13)23-17)11-4-5-12-10(9-11)3-2-8-21-16(12)24/h4-5,9H,2-3,6-8H2,1H3,(H,21,24). The third-order valence-electron chi connectivity index (χ3n) is 4.74. The van der Waals surface area contributed by atoms with Crippen molar-refractivity contribution < 1.29 is 13.6 Å². The van der Waals surface area contributed by atoms with Gasteiger partial charge in [0, 0.05) is 29.7 Å². The Morgan fingerprint density at radius 1 is 1.24 bits per heavy atom. The minimum atomic E-state index is -2.90. The minimum absolute atomic E-state index is 0.0803. The number of nitrogens with one attached hydrogen (secondary N) is 1. The lowest BCUT2D eigenvalue weighted by Crippen LogP contribution is -2.22. The Morgan fingerprint density at radius 3 is 2.88 bits per heavy atom. The van der Waals surface area contributed by atoms with Crippen molar-refractivity contribution in [2.75, 3.05) is 12.8 Å². The van der Waals surface area contributed by atoms with Gasteiger partial charge in [0.15, 0.2) is 5.16 Å². The number of rotatable bonds is 2. The molecule has 0 radical (unpaired) electrons. The lowest BCUT2D eigenvalue weighted by Gasteiger charge is -2.13. The first-order chi connectivity index (χ1) is 12.0. The van der Waals surface area contributed by atoms with Crippen LogP contribution in [0.3, 0.4) is 0 Å². The second-order valence-corrected chi connectivity index (χ2v) is 7.10. The second-order valence-electron chi connectivity index (χ2n) is 6.32.